The Morgan fingerprint density at radius 1 is 1.25 bits per heavy atom. The molecular weight excluding hydrogens is 252 g/mol. The predicted octanol–water partition coefficient (Wildman–Crippen LogP) is 2.63. The van der Waals surface area contributed by atoms with Crippen LogP contribution in [0, 0.1) is 11.8 Å². The van der Waals surface area contributed by atoms with Crippen LogP contribution in [-0.2, 0) is 11.3 Å². The highest BCUT2D eigenvalue weighted by Gasteiger charge is 2.24. The van der Waals surface area contributed by atoms with Gasteiger partial charge in [0.15, 0.2) is 0 Å². The van der Waals surface area contributed by atoms with Crippen LogP contribution < -0.4 is 11.3 Å². The Morgan fingerprint density at radius 2 is 1.95 bits per heavy atom. The number of ether oxygens (including phenoxy) is 1. The smallest absolute Gasteiger partial charge is 0.265 e. The SMILES string of the molecule is CC1CCC(OCc2ccc(C(=O)NN)cc2)CC1C. The van der Waals surface area contributed by atoms with Gasteiger partial charge in [-0.3, -0.25) is 10.2 Å². The fourth-order valence-electron chi connectivity index (χ4n) is 2.70. The van der Waals surface area contributed by atoms with Crippen LogP contribution in [0.4, 0.5) is 0 Å². The Morgan fingerprint density at radius 3 is 2.55 bits per heavy atom. The largest absolute Gasteiger partial charge is 0.374 e. The van der Waals surface area contributed by atoms with Gasteiger partial charge in [-0.25, -0.2) is 5.84 Å². The Labute approximate surface area is 120 Å². The van der Waals surface area contributed by atoms with Gasteiger partial charge in [0.05, 0.1) is 12.7 Å². The van der Waals surface area contributed by atoms with Gasteiger partial charge >= 0.3 is 0 Å². The molecule has 1 aromatic carbocycles. The number of amides is 1. The maximum absolute atomic E-state index is 11.3. The summed E-state index contributed by atoms with van der Waals surface area (Å²) in [6.45, 7) is 5.23. The standard InChI is InChI=1S/C16H24N2O2/c1-11-3-8-15(9-12(11)2)20-10-13-4-6-14(7-5-13)16(19)18-17/h4-7,11-12,15H,3,8-10,17H2,1-2H3,(H,18,19). The lowest BCUT2D eigenvalue weighted by molar-refractivity contribution is -0.00745. The fourth-order valence-corrected chi connectivity index (χ4v) is 2.70. The van der Waals surface area contributed by atoms with Crippen molar-refractivity contribution in [2.45, 2.75) is 45.8 Å². The summed E-state index contributed by atoms with van der Waals surface area (Å²) in [4.78, 5) is 11.3. The summed E-state index contributed by atoms with van der Waals surface area (Å²) in [5, 5.41) is 0. The second kappa shape index (κ2) is 6.86. The fraction of sp³-hybridized carbons (Fsp3) is 0.562. The molecule has 1 aromatic rings. The first-order valence-electron chi connectivity index (χ1n) is 7.31. The monoisotopic (exact) mass is 276 g/mol. The quantitative estimate of drug-likeness (QED) is 0.505. The van der Waals surface area contributed by atoms with Crippen molar-refractivity contribution < 1.29 is 9.53 Å². The number of hydrogen-bond acceptors (Lipinski definition) is 3. The molecule has 1 aliphatic carbocycles. The van der Waals surface area contributed by atoms with E-state index in [2.05, 4.69) is 19.3 Å². The molecule has 0 heterocycles. The summed E-state index contributed by atoms with van der Waals surface area (Å²) < 4.78 is 5.99. The van der Waals surface area contributed by atoms with E-state index in [1.54, 1.807) is 12.1 Å². The van der Waals surface area contributed by atoms with Crippen LogP contribution in [0.15, 0.2) is 24.3 Å². The number of nitrogens with two attached hydrogens (primary N) is 1. The van der Waals surface area contributed by atoms with Gasteiger partial charge in [0.1, 0.15) is 0 Å². The van der Waals surface area contributed by atoms with E-state index >= 15 is 0 Å². The second-order valence-electron chi connectivity index (χ2n) is 5.87. The Bertz CT molecular complexity index is 444. The van der Waals surface area contributed by atoms with Crippen LogP contribution in [-0.4, -0.2) is 12.0 Å². The van der Waals surface area contributed by atoms with Gasteiger partial charge in [0, 0.05) is 5.56 Å². The molecule has 0 aromatic heterocycles. The molecule has 110 valence electrons. The van der Waals surface area contributed by atoms with E-state index in [1.165, 1.54) is 6.42 Å². The molecule has 0 spiro atoms. The summed E-state index contributed by atoms with van der Waals surface area (Å²) in [6, 6.07) is 7.37. The molecule has 3 unspecified atom stereocenters. The minimum atomic E-state index is -0.271. The first kappa shape index (κ1) is 15.0. The molecule has 4 nitrogen and oxygen atoms in total. The lowest BCUT2D eigenvalue weighted by atomic mass is 9.80. The average Bonchev–Trinajstić information content (AvgIpc) is 2.48. The highest BCUT2D eigenvalue weighted by Crippen LogP contribution is 2.31. The van der Waals surface area contributed by atoms with Gasteiger partial charge in [0.2, 0.25) is 0 Å². The van der Waals surface area contributed by atoms with E-state index in [-0.39, 0.29) is 5.91 Å². The number of nitrogens with one attached hydrogen (secondary N) is 1. The normalized spacial score (nSPS) is 26.2. The molecule has 0 radical (unpaired) electrons. The molecule has 4 heteroatoms. The molecule has 0 saturated heterocycles. The zero-order chi connectivity index (χ0) is 14.5. The molecule has 0 aliphatic heterocycles. The van der Waals surface area contributed by atoms with E-state index in [0.717, 1.165) is 30.2 Å². The Hall–Kier alpha value is -1.39. The second-order valence-corrected chi connectivity index (χ2v) is 5.87. The summed E-state index contributed by atoms with van der Waals surface area (Å²) in [5.74, 6) is 6.38. The Balaban J connectivity index is 1.84. The molecule has 1 aliphatic rings. The summed E-state index contributed by atoms with van der Waals surface area (Å²) in [6.07, 6.45) is 3.92. The average molecular weight is 276 g/mol. The first-order chi connectivity index (χ1) is 9.60. The molecule has 1 fully saturated rings. The number of hydrazine groups is 1. The lowest BCUT2D eigenvalue weighted by Crippen LogP contribution is -2.29. The highest BCUT2D eigenvalue weighted by molar-refractivity contribution is 5.93. The van der Waals surface area contributed by atoms with E-state index in [1.807, 2.05) is 12.1 Å². The van der Waals surface area contributed by atoms with Crippen molar-refractivity contribution in [2.24, 2.45) is 17.7 Å². The molecular formula is C16H24N2O2. The predicted molar refractivity (Wildman–Crippen MR) is 78.9 cm³/mol. The van der Waals surface area contributed by atoms with Crippen LogP contribution in [0.5, 0.6) is 0 Å². The number of carbonyl (C=O) groups excluding carboxylic acids is 1. The van der Waals surface area contributed by atoms with Gasteiger partial charge in [-0.05, 0) is 48.8 Å². The van der Waals surface area contributed by atoms with Crippen molar-refractivity contribution >= 4 is 5.91 Å². The Kier molecular flexibility index (Phi) is 5.15. The topological polar surface area (TPSA) is 64.3 Å². The maximum Gasteiger partial charge on any atom is 0.265 e. The van der Waals surface area contributed by atoms with E-state index in [9.17, 15) is 4.79 Å². The van der Waals surface area contributed by atoms with E-state index in [0.29, 0.717) is 18.3 Å². The van der Waals surface area contributed by atoms with Crippen molar-refractivity contribution in [3.63, 3.8) is 0 Å². The molecule has 1 amide bonds. The highest BCUT2D eigenvalue weighted by atomic mass is 16.5. The summed E-state index contributed by atoms with van der Waals surface area (Å²) in [7, 11) is 0. The number of nitrogen functional groups attached to an aromatic ring is 1. The van der Waals surface area contributed by atoms with Crippen molar-refractivity contribution in [3.8, 4) is 0 Å². The van der Waals surface area contributed by atoms with Crippen molar-refractivity contribution in [3.05, 3.63) is 35.4 Å². The van der Waals surface area contributed by atoms with Gasteiger partial charge < -0.3 is 4.74 Å². The van der Waals surface area contributed by atoms with Crippen LogP contribution in [0.2, 0.25) is 0 Å². The van der Waals surface area contributed by atoms with Crippen molar-refractivity contribution in [1.82, 2.24) is 5.43 Å². The van der Waals surface area contributed by atoms with E-state index in [4.69, 9.17) is 10.6 Å². The number of rotatable bonds is 4. The van der Waals surface area contributed by atoms with Crippen molar-refractivity contribution in [1.29, 1.82) is 0 Å². The zero-order valence-electron chi connectivity index (χ0n) is 12.3. The zero-order valence-corrected chi connectivity index (χ0v) is 12.3. The van der Waals surface area contributed by atoms with Crippen LogP contribution in [0.3, 0.4) is 0 Å². The first-order valence-corrected chi connectivity index (χ1v) is 7.31. The lowest BCUT2D eigenvalue weighted by Gasteiger charge is -2.32. The third-order valence-corrected chi connectivity index (χ3v) is 4.38. The molecule has 0 bridgehead atoms. The summed E-state index contributed by atoms with van der Waals surface area (Å²) >= 11 is 0. The van der Waals surface area contributed by atoms with Crippen LogP contribution in [0.1, 0.15) is 49.0 Å². The van der Waals surface area contributed by atoms with Crippen LogP contribution >= 0.6 is 0 Å². The molecule has 2 rings (SSSR count). The maximum atomic E-state index is 11.3. The third-order valence-electron chi connectivity index (χ3n) is 4.38. The van der Waals surface area contributed by atoms with Crippen LogP contribution in [0.25, 0.3) is 0 Å². The number of carbonyl (C=O) groups is 1. The third kappa shape index (κ3) is 3.81. The van der Waals surface area contributed by atoms with E-state index < -0.39 is 0 Å². The van der Waals surface area contributed by atoms with Gasteiger partial charge in [-0.2, -0.15) is 0 Å². The summed E-state index contributed by atoms with van der Waals surface area (Å²) in [5.41, 5.74) is 3.78. The van der Waals surface area contributed by atoms with Gasteiger partial charge in [-0.15, -0.1) is 0 Å². The minimum absolute atomic E-state index is 0.271. The molecule has 1 saturated carbocycles. The minimum Gasteiger partial charge on any atom is -0.374 e. The van der Waals surface area contributed by atoms with Gasteiger partial charge in [-0.1, -0.05) is 26.0 Å². The molecule has 3 N–H and O–H groups in total. The number of hydrogen-bond donors (Lipinski definition) is 2. The molecule has 3 atom stereocenters. The molecule has 20 heavy (non-hydrogen) atoms. The van der Waals surface area contributed by atoms with Crippen molar-refractivity contribution in [2.75, 3.05) is 0 Å². The van der Waals surface area contributed by atoms with Gasteiger partial charge in [0.25, 0.3) is 5.91 Å². The number of benzene rings is 1.